The minimum atomic E-state index is 0.144. The van der Waals surface area contributed by atoms with E-state index in [-0.39, 0.29) is 5.41 Å². The van der Waals surface area contributed by atoms with Gasteiger partial charge in [0.05, 0.1) is 6.61 Å². The summed E-state index contributed by atoms with van der Waals surface area (Å²) < 4.78 is 7.05. The van der Waals surface area contributed by atoms with Crippen LogP contribution in [0.15, 0.2) is 24.3 Å². The third-order valence-electron chi connectivity index (χ3n) is 2.41. The molecule has 0 amide bonds. The van der Waals surface area contributed by atoms with Gasteiger partial charge >= 0.3 is 0 Å². The molecule has 0 radical (unpaired) electrons. The van der Waals surface area contributed by atoms with Crippen molar-refractivity contribution < 1.29 is 4.74 Å². The highest BCUT2D eigenvalue weighted by molar-refractivity contribution is 14.1. The highest BCUT2D eigenvalue weighted by Gasteiger charge is 2.19. The van der Waals surface area contributed by atoms with Crippen LogP contribution in [0.2, 0.25) is 0 Å². The molecule has 96 valence electrons. The molecule has 3 heteroatoms. The Morgan fingerprint density at radius 3 is 2.65 bits per heavy atom. The molecule has 0 saturated heterocycles. The van der Waals surface area contributed by atoms with Gasteiger partial charge in [0.2, 0.25) is 0 Å². The molecule has 1 aromatic rings. The standard InChI is InChI=1S/C14H22INO/c1-11(2)16-9-14(3,4)10-17-13-7-5-6-12(15)8-13/h5-8,11,16H,9-10H2,1-4H3. The van der Waals surface area contributed by atoms with Crippen LogP contribution in [0.3, 0.4) is 0 Å². The van der Waals surface area contributed by atoms with Crippen LogP contribution in [-0.2, 0) is 0 Å². The van der Waals surface area contributed by atoms with Gasteiger partial charge in [0.1, 0.15) is 5.75 Å². The van der Waals surface area contributed by atoms with Crippen LogP contribution in [0.4, 0.5) is 0 Å². The van der Waals surface area contributed by atoms with E-state index < -0.39 is 0 Å². The summed E-state index contributed by atoms with van der Waals surface area (Å²) in [5, 5.41) is 3.45. The quantitative estimate of drug-likeness (QED) is 0.793. The Bertz CT molecular complexity index is 350. The number of hydrogen-bond donors (Lipinski definition) is 1. The summed E-state index contributed by atoms with van der Waals surface area (Å²) in [6, 6.07) is 8.68. The first kappa shape index (κ1) is 14.8. The second-order valence-corrected chi connectivity index (χ2v) is 6.69. The van der Waals surface area contributed by atoms with E-state index in [1.54, 1.807) is 0 Å². The molecule has 17 heavy (non-hydrogen) atoms. The summed E-state index contributed by atoms with van der Waals surface area (Å²) >= 11 is 2.30. The van der Waals surface area contributed by atoms with Crippen LogP contribution in [0.5, 0.6) is 5.75 Å². The Morgan fingerprint density at radius 1 is 1.35 bits per heavy atom. The Balaban J connectivity index is 2.43. The predicted octanol–water partition coefficient (Wildman–Crippen LogP) is 3.69. The van der Waals surface area contributed by atoms with Gasteiger partial charge in [0.15, 0.2) is 0 Å². The van der Waals surface area contributed by atoms with E-state index >= 15 is 0 Å². The van der Waals surface area contributed by atoms with Crippen molar-refractivity contribution in [2.24, 2.45) is 5.41 Å². The van der Waals surface area contributed by atoms with Crippen molar-refractivity contribution in [3.8, 4) is 5.75 Å². The molecule has 0 aliphatic carbocycles. The molecule has 0 aliphatic rings. The highest BCUT2D eigenvalue weighted by Crippen LogP contribution is 2.19. The van der Waals surface area contributed by atoms with Crippen molar-refractivity contribution in [2.75, 3.05) is 13.2 Å². The lowest BCUT2D eigenvalue weighted by atomic mass is 9.94. The van der Waals surface area contributed by atoms with Crippen molar-refractivity contribution in [1.82, 2.24) is 5.32 Å². The van der Waals surface area contributed by atoms with Gasteiger partial charge in [-0.3, -0.25) is 0 Å². The summed E-state index contributed by atoms with van der Waals surface area (Å²) in [5.74, 6) is 0.953. The molecule has 0 fully saturated rings. The van der Waals surface area contributed by atoms with Gasteiger partial charge in [0.25, 0.3) is 0 Å². The number of nitrogens with one attached hydrogen (secondary N) is 1. The normalized spacial score (nSPS) is 11.9. The molecule has 1 rings (SSSR count). The zero-order valence-corrected chi connectivity index (χ0v) is 13.2. The van der Waals surface area contributed by atoms with Crippen molar-refractivity contribution in [3.63, 3.8) is 0 Å². The van der Waals surface area contributed by atoms with Crippen molar-refractivity contribution in [2.45, 2.75) is 33.7 Å². The lowest BCUT2D eigenvalue weighted by molar-refractivity contribution is 0.173. The zero-order chi connectivity index (χ0) is 12.9. The fourth-order valence-corrected chi connectivity index (χ4v) is 1.88. The fraction of sp³-hybridized carbons (Fsp3) is 0.571. The Hall–Kier alpha value is -0.290. The van der Waals surface area contributed by atoms with Crippen LogP contribution in [0.25, 0.3) is 0 Å². The minimum absolute atomic E-state index is 0.144. The molecule has 2 nitrogen and oxygen atoms in total. The number of rotatable bonds is 6. The summed E-state index contributed by atoms with van der Waals surface area (Å²) in [5.41, 5.74) is 0.144. The molecule has 1 aromatic carbocycles. The first-order valence-corrected chi connectivity index (χ1v) is 7.09. The average molecular weight is 347 g/mol. The first-order chi connectivity index (χ1) is 7.89. The molecule has 0 atom stereocenters. The first-order valence-electron chi connectivity index (χ1n) is 6.01. The summed E-state index contributed by atoms with van der Waals surface area (Å²) in [4.78, 5) is 0. The monoisotopic (exact) mass is 347 g/mol. The molecular formula is C14H22INO. The van der Waals surface area contributed by atoms with Gasteiger partial charge in [0, 0.05) is 21.6 Å². The second kappa shape index (κ2) is 6.59. The van der Waals surface area contributed by atoms with E-state index in [1.807, 2.05) is 12.1 Å². The second-order valence-electron chi connectivity index (χ2n) is 5.45. The molecule has 0 bridgehead atoms. The maximum atomic E-state index is 5.84. The maximum absolute atomic E-state index is 5.84. The third-order valence-corrected chi connectivity index (χ3v) is 3.09. The molecule has 0 aromatic heterocycles. The number of hydrogen-bond acceptors (Lipinski definition) is 2. The molecule has 0 saturated carbocycles. The van der Waals surface area contributed by atoms with Crippen molar-refractivity contribution >= 4 is 22.6 Å². The fourth-order valence-electron chi connectivity index (χ4n) is 1.37. The minimum Gasteiger partial charge on any atom is -0.493 e. The molecular weight excluding hydrogens is 325 g/mol. The summed E-state index contributed by atoms with van der Waals surface area (Å²) in [6.45, 7) is 10.5. The number of benzene rings is 1. The van der Waals surface area contributed by atoms with Crippen LogP contribution in [0.1, 0.15) is 27.7 Å². The largest absolute Gasteiger partial charge is 0.493 e. The molecule has 0 spiro atoms. The molecule has 0 heterocycles. The zero-order valence-electron chi connectivity index (χ0n) is 11.1. The predicted molar refractivity (Wildman–Crippen MR) is 81.6 cm³/mol. The summed E-state index contributed by atoms with van der Waals surface area (Å²) in [7, 11) is 0. The van der Waals surface area contributed by atoms with Crippen molar-refractivity contribution in [3.05, 3.63) is 27.8 Å². The number of ether oxygens (including phenoxy) is 1. The van der Waals surface area contributed by atoms with Gasteiger partial charge < -0.3 is 10.1 Å². The molecule has 1 N–H and O–H groups in total. The van der Waals surface area contributed by atoms with Gasteiger partial charge in [-0.05, 0) is 40.8 Å². The van der Waals surface area contributed by atoms with E-state index in [1.165, 1.54) is 3.57 Å². The van der Waals surface area contributed by atoms with Crippen molar-refractivity contribution in [1.29, 1.82) is 0 Å². The lowest BCUT2D eigenvalue weighted by Gasteiger charge is -2.26. The van der Waals surface area contributed by atoms with Gasteiger partial charge in [-0.2, -0.15) is 0 Å². The van der Waals surface area contributed by atoms with E-state index in [2.05, 4.69) is 67.7 Å². The van der Waals surface area contributed by atoms with Gasteiger partial charge in [-0.25, -0.2) is 0 Å². The Morgan fingerprint density at radius 2 is 2.06 bits per heavy atom. The van der Waals surface area contributed by atoms with Gasteiger partial charge in [-0.15, -0.1) is 0 Å². The highest BCUT2D eigenvalue weighted by atomic mass is 127. The molecule has 0 unspecified atom stereocenters. The van der Waals surface area contributed by atoms with E-state index in [0.29, 0.717) is 6.04 Å². The van der Waals surface area contributed by atoms with Crippen LogP contribution >= 0.6 is 22.6 Å². The summed E-state index contributed by atoms with van der Waals surface area (Å²) in [6.07, 6.45) is 0. The Labute approximate surface area is 118 Å². The number of halogens is 1. The van der Waals surface area contributed by atoms with E-state index in [9.17, 15) is 0 Å². The van der Waals surface area contributed by atoms with Gasteiger partial charge in [-0.1, -0.05) is 33.8 Å². The smallest absolute Gasteiger partial charge is 0.120 e. The average Bonchev–Trinajstić information content (AvgIpc) is 2.24. The maximum Gasteiger partial charge on any atom is 0.120 e. The van der Waals surface area contributed by atoms with Crippen LogP contribution < -0.4 is 10.1 Å². The third kappa shape index (κ3) is 6.27. The molecule has 0 aliphatic heterocycles. The van der Waals surface area contributed by atoms with Crippen LogP contribution in [0, 0.1) is 8.99 Å². The van der Waals surface area contributed by atoms with E-state index in [4.69, 9.17) is 4.74 Å². The van der Waals surface area contributed by atoms with Crippen LogP contribution in [-0.4, -0.2) is 19.2 Å². The lowest BCUT2D eigenvalue weighted by Crippen LogP contribution is -2.37. The van der Waals surface area contributed by atoms with E-state index in [0.717, 1.165) is 18.9 Å². The SMILES string of the molecule is CC(C)NCC(C)(C)COc1cccc(I)c1. The topological polar surface area (TPSA) is 21.3 Å². The Kier molecular flexibility index (Phi) is 5.73.